The fraction of sp³-hybridized carbons (Fsp3) is 0.333. The number of methoxy groups -OCH3 is 1. The fourth-order valence-corrected chi connectivity index (χ4v) is 5.40. The number of aliphatic hydroxyl groups is 1. The minimum atomic E-state index is -0.556. The SMILES string of the molecule is COc1cc2c(Nc3ccc(Cl)cc3F)ncnc2cc1OCC(O)C[S+]1CCNC1.Cl. The van der Waals surface area contributed by atoms with Crippen LogP contribution < -0.4 is 20.1 Å². The summed E-state index contributed by atoms with van der Waals surface area (Å²) in [5.41, 5.74) is 0.841. The number of fused-ring (bicyclic) bond motifs is 1. The number of ether oxygens (including phenoxy) is 2. The molecule has 11 heteroatoms. The number of hydrogen-bond donors (Lipinski definition) is 3. The summed E-state index contributed by atoms with van der Waals surface area (Å²) < 4.78 is 25.5. The highest BCUT2D eigenvalue weighted by Crippen LogP contribution is 2.35. The highest BCUT2D eigenvalue weighted by molar-refractivity contribution is 7.97. The van der Waals surface area contributed by atoms with Crippen LogP contribution in [0.3, 0.4) is 0 Å². The molecular formula is C21H24Cl2FN4O3S+. The lowest BCUT2D eigenvalue weighted by atomic mass is 10.2. The quantitative estimate of drug-likeness (QED) is 0.407. The second kappa shape index (κ2) is 11.2. The maximum atomic E-state index is 14.2. The molecule has 0 bridgehead atoms. The van der Waals surface area contributed by atoms with E-state index in [9.17, 15) is 9.50 Å². The molecule has 0 aliphatic carbocycles. The Morgan fingerprint density at radius 3 is 2.84 bits per heavy atom. The molecule has 0 saturated carbocycles. The van der Waals surface area contributed by atoms with Crippen LogP contribution in [0.25, 0.3) is 10.9 Å². The zero-order valence-electron chi connectivity index (χ0n) is 17.3. The average molecular weight is 502 g/mol. The second-order valence-electron chi connectivity index (χ2n) is 7.08. The van der Waals surface area contributed by atoms with Crippen molar-refractivity contribution in [3.05, 3.63) is 47.5 Å². The smallest absolute Gasteiger partial charge is 0.163 e. The summed E-state index contributed by atoms with van der Waals surface area (Å²) in [4.78, 5) is 8.53. The Balaban J connectivity index is 0.00000289. The minimum absolute atomic E-state index is 0. The van der Waals surface area contributed by atoms with Crippen LogP contribution in [0.1, 0.15) is 0 Å². The molecule has 2 atom stereocenters. The first-order valence-corrected chi connectivity index (χ1v) is 11.8. The third-order valence-corrected chi connectivity index (χ3v) is 7.32. The highest BCUT2D eigenvalue weighted by atomic mass is 35.5. The Bertz CT molecular complexity index is 1070. The molecule has 172 valence electrons. The van der Waals surface area contributed by atoms with Crippen LogP contribution in [0.2, 0.25) is 5.02 Å². The Morgan fingerprint density at radius 2 is 2.12 bits per heavy atom. The van der Waals surface area contributed by atoms with Gasteiger partial charge in [0.15, 0.2) is 17.4 Å². The van der Waals surface area contributed by atoms with Gasteiger partial charge in [-0.1, -0.05) is 11.6 Å². The molecule has 3 N–H and O–H groups in total. The topological polar surface area (TPSA) is 88.5 Å². The van der Waals surface area contributed by atoms with E-state index < -0.39 is 11.9 Å². The first-order valence-electron chi connectivity index (χ1n) is 9.74. The monoisotopic (exact) mass is 501 g/mol. The van der Waals surface area contributed by atoms with Crippen molar-refractivity contribution in [2.75, 3.05) is 43.0 Å². The number of halogens is 3. The van der Waals surface area contributed by atoms with Gasteiger partial charge < -0.3 is 19.9 Å². The summed E-state index contributed by atoms with van der Waals surface area (Å²) in [7, 11) is 1.72. The summed E-state index contributed by atoms with van der Waals surface area (Å²) in [5.74, 6) is 3.65. The first-order chi connectivity index (χ1) is 15.0. The van der Waals surface area contributed by atoms with Crippen molar-refractivity contribution >= 4 is 57.3 Å². The van der Waals surface area contributed by atoms with Gasteiger partial charge in [-0.2, -0.15) is 0 Å². The second-order valence-corrected chi connectivity index (χ2v) is 9.78. The van der Waals surface area contributed by atoms with Crippen LogP contribution in [-0.2, 0) is 10.9 Å². The van der Waals surface area contributed by atoms with Gasteiger partial charge >= 0.3 is 0 Å². The largest absolute Gasteiger partial charge is 0.493 e. The highest BCUT2D eigenvalue weighted by Gasteiger charge is 2.27. The molecule has 3 aromatic rings. The number of rotatable bonds is 8. The third kappa shape index (κ3) is 5.85. The zero-order valence-corrected chi connectivity index (χ0v) is 19.7. The third-order valence-electron chi connectivity index (χ3n) is 4.84. The molecule has 2 unspecified atom stereocenters. The summed E-state index contributed by atoms with van der Waals surface area (Å²) in [6.45, 7) is 1.17. The van der Waals surface area contributed by atoms with Gasteiger partial charge in [0.05, 0.1) is 18.3 Å². The predicted octanol–water partition coefficient (Wildman–Crippen LogP) is 3.52. The molecule has 4 rings (SSSR count). The molecule has 0 radical (unpaired) electrons. The van der Waals surface area contributed by atoms with Crippen LogP contribution in [0.15, 0.2) is 36.7 Å². The van der Waals surface area contributed by atoms with Gasteiger partial charge in [0.2, 0.25) is 0 Å². The molecule has 1 saturated heterocycles. The van der Waals surface area contributed by atoms with Crippen molar-refractivity contribution in [1.82, 2.24) is 15.3 Å². The van der Waals surface area contributed by atoms with E-state index in [0.29, 0.717) is 39.0 Å². The van der Waals surface area contributed by atoms with Gasteiger partial charge in [-0.15, -0.1) is 12.4 Å². The normalized spacial score (nSPS) is 16.4. The molecule has 2 aromatic carbocycles. The van der Waals surface area contributed by atoms with Gasteiger partial charge in [0.1, 0.15) is 42.2 Å². The molecule has 32 heavy (non-hydrogen) atoms. The summed E-state index contributed by atoms with van der Waals surface area (Å²) in [5, 5.41) is 17.6. The Morgan fingerprint density at radius 1 is 1.28 bits per heavy atom. The van der Waals surface area contributed by atoms with Crippen molar-refractivity contribution in [1.29, 1.82) is 0 Å². The molecular weight excluding hydrogens is 478 g/mol. The van der Waals surface area contributed by atoms with E-state index in [-0.39, 0.29) is 35.6 Å². The number of nitrogens with zero attached hydrogens (tertiary/aromatic N) is 2. The average Bonchev–Trinajstić information content (AvgIpc) is 3.26. The van der Waals surface area contributed by atoms with Crippen LogP contribution in [0.5, 0.6) is 11.5 Å². The van der Waals surface area contributed by atoms with E-state index in [4.69, 9.17) is 21.1 Å². The van der Waals surface area contributed by atoms with E-state index in [2.05, 4.69) is 20.6 Å². The van der Waals surface area contributed by atoms with Crippen molar-refractivity contribution in [3.8, 4) is 11.5 Å². The van der Waals surface area contributed by atoms with Crippen LogP contribution in [0.4, 0.5) is 15.9 Å². The van der Waals surface area contributed by atoms with Crippen LogP contribution in [-0.4, -0.2) is 58.8 Å². The number of anilines is 2. The predicted molar refractivity (Wildman–Crippen MR) is 130 cm³/mol. The standard InChI is InChI=1S/C21H23ClFN4O3S.ClH/c1-29-19-7-15-18(8-20(19)30-9-14(28)10-31-5-4-24-12-31)25-11-26-21(15)27-17-3-2-13(22)6-16(17)23;/h2-3,6-8,11,14,24,28H,4-5,9-10,12H2,1H3,(H,25,26,27);1H/q+1;. The fourth-order valence-electron chi connectivity index (χ4n) is 3.31. The molecule has 7 nitrogen and oxygen atoms in total. The number of aromatic nitrogens is 2. The zero-order chi connectivity index (χ0) is 21.8. The number of hydrogen-bond acceptors (Lipinski definition) is 7. The maximum absolute atomic E-state index is 14.2. The van der Waals surface area contributed by atoms with Crippen molar-refractivity contribution < 1.29 is 19.0 Å². The Hall–Kier alpha value is -2.04. The lowest BCUT2D eigenvalue weighted by molar-refractivity contribution is 0.124. The Labute approximate surface area is 199 Å². The molecule has 1 aliphatic heterocycles. The molecule has 1 aromatic heterocycles. The Kier molecular flexibility index (Phi) is 8.61. The van der Waals surface area contributed by atoms with E-state index in [1.165, 1.54) is 19.5 Å². The van der Waals surface area contributed by atoms with E-state index in [1.54, 1.807) is 24.3 Å². The summed E-state index contributed by atoms with van der Waals surface area (Å²) in [6.07, 6.45) is 0.830. The molecule has 0 spiro atoms. The minimum Gasteiger partial charge on any atom is -0.493 e. The van der Waals surface area contributed by atoms with Crippen LogP contribution in [0, 0.1) is 5.82 Å². The molecule has 0 amide bonds. The summed E-state index contributed by atoms with van der Waals surface area (Å²) >= 11 is 5.83. The van der Waals surface area contributed by atoms with Crippen LogP contribution >= 0.6 is 24.0 Å². The van der Waals surface area contributed by atoms with E-state index in [0.717, 1.165) is 18.2 Å². The summed E-state index contributed by atoms with van der Waals surface area (Å²) in [6, 6.07) is 7.83. The number of benzene rings is 2. The molecule has 1 fully saturated rings. The van der Waals surface area contributed by atoms with Gasteiger partial charge in [0.25, 0.3) is 0 Å². The lowest BCUT2D eigenvalue weighted by Crippen LogP contribution is -2.28. The maximum Gasteiger partial charge on any atom is 0.163 e. The van der Waals surface area contributed by atoms with Crippen molar-refractivity contribution in [2.45, 2.75) is 6.10 Å². The first kappa shape index (κ1) is 24.6. The lowest BCUT2D eigenvalue weighted by Gasteiger charge is -2.15. The van der Waals surface area contributed by atoms with Gasteiger partial charge in [-0.3, -0.25) is 5.32 Å². The number of aliphatic hydroxyl groups excluding tert-OH is 1. The van der Waals surface area contributed by atoms with Crippen molar-refractivity contribution in [2.24, 2.45) is 0 Å². The van der Waals surface area contributed by atoms with E-state index >= 15 is 0 Å². The van der Waals surface area contributed by atoms with Gasteiger partial charge in [0, 0.05) is 33.9 Å². The van der Waals surface area contributed by atoms with Gasteiger partial charge in [-0.05, 0) is 24.3 Å². The molecule has 2 heterocycles. The van der Waals surface area contributed by atoms with Gasteiger partial charge in [-0.25, -0.2) is 14.4 Å². The number of nitrogens with one attached hydrogen (secondary N) is 2. The van der Waals surface area contributed by atoms with E-state index in [1.807, 2.05) is 0 Å². The van der Waals surface area contributed by atoms with Crippen molar-refractivity contribution in [3.63, 3.8) is 0 Å². The molecule has 1 aliphatic rings.